The third-order valence-corrected chi connectivity index (χ3v) is 5.71. The number of nitro groups is 1. The molecule has 2 aromatic rings. The summed E-state index contributed by atoms with van der Waals surface area (Å²) in [5, 5.41) is 11.1. The van der Waals surface area contributed by atoms with Crippen LogP contribution in [0.25, 0.3) is 6.08 Å². The van der Waals surface area contributed by atoms with E-state index in [1.807, 2.05) is 30.4 Å². The normalized spacial score (nSPS) is 21.1. The lowest BCUT2D eigenvalue weighted by Gasteiger charge is -2.47. The minimum Gasteiger partial charge on any atom is -0.463 e. The quantitative estimate of drug-likeness (QED) is 0.649. The van der Waals surface area contributed by atoms with Crippen molar-refractivity contribution in [1.82, 2.24) is 0 Å². The molecular formula is C21H21N3O4. The number of anilines is 1. The predicted octanol–water partition coefficient (Wildman–Crippen LogP) is 3.37. The zero-order chi connectivity index (χ0) is 20.1. The number of hydrogen-bond donors (Lipinski definition) is 1. The highest BCUT2D eigenvalue weighted by Crippen LogP contribution is 2.54. The van der Waals surface area contributed by atoms with Gasteiger partial charge in [-0.05, 0) is 43.7 Å². The summed E-state index contributed by atoms with van der Waals surface area (Å²) in [6.45, 7) is 4.59. The molecule has 2 aliphatic rings. The molecule has 0 radical (unpaired) electrons. The largest absolute Gasteiger partial charge is 0.463 e. The highest BCUT2D eigenvalue weighted by Gasteiger charge is 2.58. The number of rotatable bonds is 4. The van der Waals surface area contributed by atoms with E-state index in [-0.39, 0.29) is 18.0 Å². The van der Waals surface area contributed by atoms with E-state index in [1.165, 1.54) is 12.1 Å². The average Bonchev–Trinajstić information content (AvgIpc) is 2.84. The fourth-order valence-corrected chi connectivity index (χ4v) is 4.21. The van der Waals surface area contributed by atoms with Crippen LogP contribution in [-0.2, 0) is 10.2 Å². The number of amides is 1. The lowest BCUT2D eigenvalue weighted by Crippen LogP contribution is -2.60. The maximum absolute atomic E-state index is 11.5. The van der Waals surface area contributed by atoms with Gasteiger partial charge in [-0.15, -0.1) is 0 Å². The Morgan fingerprint density at radius 1 is 1.25 bits per heavy atom. The number of nitro benzene ring substituents is 1. The minimum absolute atomic E-state index is 0.0162. The van der Waals surface area contributed by atoms with Crippen LogP contribution < -0.4 is 15.4 Å². The smallest absolute Gasteiger partial charge is 0.270 e. The van der Waals surface area contributed by atoms with E-state index in [1.54, 1.807) is 6.07 Å². The molecule has 2 heterocycles. The lowest BCUT2D eigenvalue weighted by molar-refractivity contribution is -0.384. The molecule has 0 fully saturated rings. The van der Waals surface area contributed by atoms with E-state index in [0.29, 0.717) is 17.9 Å². The van der Waals surface area contributed by atoms with Crippen molar-refractivity contribution >= 4 is 23.4 Å². The molecule has 2 N–H and O–H groups in total. The summed E-state index contributed by atoms with van der Waals surface area (Å²) in [6, 6.07) is 12.6. The highest BCUT2D eigenvalue weighted by molar-refractivity contribution is 5.77. The Bertz CT molecular complexity index is 1010. The Morgan fingerprint density at radius 3 is 2.71 bits per heavy atom. The van der Waals surface area contributed by atoms with Crippen LogP contribution in [0.2, 0.25) is 0 Å². The molecule has 0 aromatic heterocycles. The number of non-ortho nitro benzene ring substituents is 1. The van der Waals surface area contributed by atoms with Crippen molar-refractivity contribution in [3.05, 3.63) is 69.8 Å². The summed E-state index contributed by atoms with van der Waals surface area (Å²) in [7, 11) is 0. The summed E-state index contributed by atoms with van der Waals surface area (Å²) in [4.78, 5) is 24.2. The van der Waals surface area contributed by atoms with Gasteiger partial charge in [0.05, 0.1) is 10.3 Å². The maximum Gasteiger partial charge on any atom is 0.270 e. The van der Waals surface area contributed by atoms with Crippen molar-refractivity contribution in [2.75, 3.05) is 11.4 Å². The third kappa shape index (κ3) is 2.46. The number of para-hydroxylation sites is 1. The van der Waals surface area contributed by atoms with Gasteiger partial charge in [0.15, 0.2) is 0 Å². The number of benzene rings is 2. The van der Waals surface area contributed by atoms with Crippen molar-refractivity contribution in [2.45, 2.75) is 31.4 Å². The molecule has 28 heavy (non-hydrogen) atoms. The molecule has 0 saturated heterocycles. The Kier molecular flexibility index (Phi) is 3.92. The predicted molar refractivity (Wildman–Crippen MR) is 106 cm³/mol. The van der Waals surface area contributed by atoms with Crippen LogP contribution in [-0.4, -0.2) is 23.1 Å². The summed E-state index contributed by atoms with van der Waals surface area (Å²) in [5.41, 5.74) is 6.88. The van der Waals surface area contributed by atoms with Crippen molar-refractivity contribution in [1.29, 1.82) is 0 Å². The van der Waals surface area contributed by atoms with Crippen LogP contribution in [0.4, 0.5) is 11.4 Å². The Labute approximate surface area is 162 Å². The van der Waals surface area contributed by atoms with Gasteiger partial charge in [0.1, 0.15) is 5.75 Å². The Balaban J connectivity index is 1.83. The third-order valence-electron chi connectivity index (χ3n) is 5.71. The van der Waals surface area contributed by atoms with Crippen molar-refractivity contribution < 1.29 is 14.5 Å². The van der Waals surface area contributed by atoms with Crippen molar-refractivity contribution in [2.24, 2.45) is 5.73 Å². The summed E-state index contributed by atoms with van der Waals surface area (Å²) < 4.78 is 6.52. The topological polar surface area (TPSA) is 98.7 Å². The Hall–Kier alpha value is -3.35. The van der Waals surface area contributed by atoms with Gasteiger partial charge in [-0.3, -0.25) is 14.9 Å². The van der Waals surface area contributed by atoms with Crippen LogP contribution in [0.15, 0.2) is 48.5 Å². The van der Waals surface area contributed by atoms with Gasteiger partial charge in [0.2, 0.25) is 11.6 Å². The van der Waals surface area contributed by atoms with Crippen molar-refractivity contribution in [3.63, 3.8) is 0 Å². The molecule has 1 unspecified atom stereocenters. The van der Waals surface area contributed by atoms with Gasteiger partial charge in [-0.2, -0.15) is 0 Å². The first-order valence-electron chi connectivity index (χ1n) is 9.08. The molecule has 7 heteroatoms. The minimum atomic E-state index is -0.866. The van der Waals surface area contributed by atoms with Crippen LogP contribution in [0.5, 0.6) is 5.75 Å². The monoisotopic (exact) mass is 379 g/mol. The number of carbonyl (C=O) groups is 1. The first-order chi connectivity index (χ1) is 13.3. The SMILES string of the molecule is CC1(C)c2ccccc2N(CCC(N)=O)C12C=Cc1cc([N+](=O)[O-])ccc1O2. The molecular weight excluding hydrogens is 358 g/mol. The van der Waals surface area contributed by atoms with Gasteiger partial charge in [0.25, 0.3) is 5.69 Å². The molecule has 0 saturated carbocycles. The van der Waals surface area contributed by atoms with E-state index in [2.05, 4.69) is 24.8 Å². The molecule has 7 nitrogen and oxygen atoms in total. The van der Waals surface area contributed by atoms with Crippen LogP contribution in [0.1, 0.15) is 31.4 Å². The van der Waals surface area contributed by atoms with E-state index in [0.717, 1.165) is 11.3 Å². The Morgan fingerprint density at radius 2 is 2.00 bits per heavy atom. The molecule has 0 aliphatic carbocycles. The summed E-state index contributed by atoms with van der Waals surface area (Å²) in [6.07, 6.45) is 3.98. The number of nitrogens with two attached hydrogens (primary N) is 1. The van der Waals surface area contributed by atoms with Gasteiger partial charge in [-0.25, -0.2) is 0 Å². The summed E-state index contributed by atoms with van der Waals surface area (Å²) >= 11 is 0. The second-order valence-corrected chi connectivity index (χ2v) is 7.62. The average molecular weight is 379 g/mol. The van der Waals surface area contributed by atoms with E-state index in [4.69, 9.17) is 10.5 Å². The molecule has 0 bridgehead atoms. The standard InChI is InChI=1S/C21H21N3O4/c1-20(2)16-5-3-4-6-17(16)23(12-10-19(22)25)21(20)11-9-14-13-15(24(26)27)7-8-18(14)28-21/h3-9,11,13H,10,12H2,1-2H3,(H2,22,25). The maximum atomic E-state index is 11.5. The second-order valence-electron chi connectivity index (χ2n) is 7.62. The van der Waals surface area contributed by atoms with Gasteiger partial charge in [0, 0.05) is 36.3 Å². The van der Waals surface area contributed by atoms with Crippen molar-refractivity contribution in [3.8, 4) is 5.75 Å². The van der Waals surface area contributed by atoms with Gasteiger partial charge < -0.3 is 15.4 Å². The van der Waals surface area contributed by atoms with Gasteiger partial charge in [-0.1, -0.05) is 18.2 Å². The fraction of sp³-hybridized carbons (Fsp3) is 0.286. The molecule has 1 atom stereocenters. The van der Waals surface area contributed by atoms with Gasteiger partial charge >= 0.3 is 0 Å². The molecule has 2 aromatic carbocycles. The fourth-order valence-electron chi connectivity index (χ4n) is 4.21. The molecule has 2 aliphatic heterocycles. The van der Waals surface area contributed by atoms with Crippen LogP contribution in [0.3, 0.4) is 0 Å². The molecule has 4 rings (SSSR count). The number of fused-ring (bicyclic) bond motifs is 2. The molecule has 1 spiro atoms. The number of ether oxygens (including phenoxy) is 1. The number of hydrogen-bond acceptors (Lipinski definition) is 5. The first-order valence-corrected chi connectivity index (χ1v) is 9.08. The highest BCUT2D eigenvalue weighted by atomic mass is 16.6. The van der Waals surface area contributed by atoms with Crippen LogP contribution >= 0.6 is 0 Å². The van der Waals surface area contributed by atoms with E-state index < -0.39 is 16.1 Å². The number of carbonyl (C=O) groups excluding carboxylic acids is 1. The van der Waals surface area contributed by atoms with E-state index >= 15 is 0 Å². The zero-order valence-electron chi connectivity index (χ0n) is 15.7. The zero-order valence-corrected chi connectivity index (χ0v) is 15.7. The second kappa shape index (κ2) is 6.09. The molecule has 144 valence electrons. The van der Waals surface area contributed by atoms with Crippen LogP contribution in [0, 0.1) is 10.1 Å². The lowest BCUT2D eigenvalue weighted by atomic mass is 9.76. The summed E-state index contributed by atoms with van der Waals surface area (Å²) in [5.74, 6) is 0.186. The first kappa shape index (κ1) is 18.0. The molecule has 1 amide bonds. The number of primary amides is 1. The number of nitrogens with zero attached hydrogens (tertiary/aromatic N) is 2. The van der Waals surface area contributed by atoms with E-state index in [9.17, 15) is 14.9 Å².